The molecule has 1 fully saturated rings. The number of hydrogen-bond acceptors (Lipinski definition) is 6. The predicted molar refractivity (Wildman–Crippen MR) is 111 cm³/mol. The molecular weight excluding hydrogens is 420 g/mol. The summed E-state index contributed by atoms with van der Waals surface area (Å²) in [7, 11) is -3.80. The first kappa shape index (κ1) is 19.6. The van der Waals surface area contributed by atoms with Crippen LogP contribution >= 0.6 is 23.4 Å². The number of anilines is 1. The highest BCUT2D eigenvalue weighted by Gasteiger charge is 2.19. The Morgan fingerprint density at radius 3 is 2.86 bits per heavy atom. The van der Waals surface area contributed by atoms with Gasteiger partial charge in [0.2, 0.25) is 0 Å². The Labute approximate surface area is 172 Å². The van der Waals surface area contributed by atoms with E-state index in [1.807, 2.05) is 0 Å². The van der Waals surface area contributed by atoms with Gasteiger partial charge in [-0.15, -0.1) is 0 Å². The van der Waals surface area contributed by atoms with Crippen molar-refractivity contribution in [2.75, 3.05) is 17.1 Å². The van der Waals surface area contributed by atoms with Crippen LogP contribution in [-0.2, 0) is 14.8 Å². The Kier molecular flexibility index (Phi) is 5.82. The number of sulfonamides is 1. The second-order valence-corrected chi connectivity index (χ2v) is 9.56. The summed E-state index contributed by atoms with van der Waals surface area (Å²) in [5.74, 6) is 0.770. The van der Waals surface area contributed by atoms with Crippen molar-refractivity contribution >= 4 is 50.2 Å². The predicted octanol–water partition coefficient (Wildman–Crippen LogP) is 4.94. The number of thioether (sulfide) groups is 1. The zero-order valence-electron chi connectivity index (χ0n) is 14.9. The molecule has 0 spiro atoms. The number of aromatic nitrogens is 1. The summed E-state index contributed by atoms with van der Waals surface area (Å²) in [5.41, 5.74) is 1.36. The van der Waals surface area contributed by atoms with E-state index in [2.05, 4.69) is 9.71 Å². The first-order chi connectivity index (χ1) is 13.5. The Bertz CT molecular complexity index is 1080. The van der Waals surface area contributed by atoms with Crippen molar-refractivity contribution in [3.05, 3.63) is 47.5 Å². The van der Waals surface area contributed by atoms with E-state index < -0.39 is 10.0 Å². The van der Waals surface area contributed by atoms with Gasteiger partial charge in [-0.1, -0.05) is 35.5 Å². The van der Waals surface area contributed by atoms with E-state index in [0.717, 1.165) is 25.2 Å². The number of nitrogens with zero attached hydrogens (tertiary/aromatic N) is 1. The number of benzene rings is 2. The molecule has 0 bridgehead atoms. The van der Waals surface area contributed by atoms with Crippen molar-refractivity contribution in [2.45, 2.75) is 35.5 Å². The largest absolute Gasteiger partial charge is 0.431 e. The van der Waals surface area contributed by atoms with Crippen molar-refractivity contribution in [2.24, 2.45) is 0 Å². The molecule has 9 heteroatoms. The molecule has 0 saturated carbocycles. The van der Waals surface area contributed by atoms with Gasteiger partial charge in [0, 0.05) is 18.4 Å². The summed E-state index contributed by atoms with van der Waals surface area (Å²) in [6.45, 7) is 0.804. The van der Waals surface area contributed by atoms with Crippen molar-refractivity contribution in [1.29, 1.82) is 0 Å². The maximum absolute atomic E-state index is 12.7. The highest BCUT2D eigenvalue weighted by molar-refractivity contribution is 7.99. The molecule has 1 aliphatic heterocycles. The third-order valence-electron chi connectivity index (χ3n) is 4.44. The fraction of sp³-hybridized carbons (Fsp3) is 0.316. The first-order valence-electron chi connectivity index (χ1n) is 8.94. The van der Waals surface area contributed by atoms with Gasteiger partial charge in [-0.3, -0.25) is 4.72 Å². The van der Waals surface area contributed by atoms with Gasteiger partial charge >= 0.3 is 0 Å². The van der Waals surface area contributed by atoms with E-state index in [4.69, 9.17) is 20.8 Å². The van der Waals surface area contributed by atoms with E-state index in [0.29, 0.717) is 27.0 Å². The maximum Gasteiger partial charge on any atom is 0.262 e. The zero-order valence-corrected chi connectivity index (χ0v) is 17.3. The molecule has 1 aromatic heterocycles. The second kappa shape index (κ2) is 8.32. The summed E-state index contributed by atoms with van der Waals surface area (Å²) in [4.78, 5) is 4.51. The Balaban J connectivity index is 1.51. The monoisotopic (exact) mass is 438 g/mol. The van der Waals surface area contributed by atoms with Crippen LogP contribution in [0.5, 0.6) is 0 Å². The third-order valence-corrected chi connectivity index (χ3v) is 7.09. The van der Waals surface area contributed by atoms with E-state index in [1.165, 1.54) is 30.3 Å². The molecule has 1 unspecified atom stereocenters. The van der Waals surface area contributed by atoms with Gasteiger partial charge in [-0.05, 0) is 43.5 Å². The standard InChI is InChI=1S/C19H19ClN2O4S2/c20-15-6-1-2-7-16(15)22-28(23,24)14-8-9-17-18(11-14)26-19(21-17)27-12-13-5-3-4-10-25-13/h1-2,6-9,11,13,22H,3-5,10,12H2. The minimum Gasteiger partial charge on any atom is -0.431 e. The summed E-state index contributed by atoms with van der Waals surface area (Å²) < 4.78 is 39.3. The minimum atomic E-state index is -3.80. The molecule has 148 valence electrons. The van der Waals surface area contributed by atoms with E-state index in [9.17, 15) is 8.42 Å². The number of rotatable bonds is 6. The lowest BCUT2D eigenvalue weighted by atomic mass is 10.1. The summed E-state index contributed by atoms with van der Waals surface area (Å²) in [6.07, 6.45) is 3.55. The number of oxazole rings is 1. The van der Waals surface area contributed by atoms with Gasteiger partial charge in [0.1, 0.15) is 5.52 Å². The van der Waals surface area contributed by atoms with Crippen LogP contribution in [-0.4, -0.2) is 31.9 Å². The number of para-hydroxylation sites is 1. The second-order valence-electron chi connectivity index (χ2n) is 6.49. The average molecular weight is 439 g/mol. The number of fused-ring (bicyclic) bond motifs is 1. The quantitative estimate of drug-likeness (QED) is 0.549. The van der Waals surface area contributed by atoms with Gasteiger partial charge in [-0.2, -0.15) is 0 Å². The van der Waals surface area contributed by atoms with E-state index in [-0.39, 0.29) is 11.0 Å². The lowest BCUT2D eigenvalue weighted by Crippen LogP contribution is -2.21. The van der Waals surface area contributed by atoms with Crippen molar-refractivity contribution in [3.63, 3.8) is 0 Å². The highest BCUT2D eigenvalue weighted by Crippen LogP contribution is 2.29. The molecule has 0 radical (unpaired) electrons. The Hall–Kier alpha value is -1.74. The molecule has 1 saturated heterocycles. The lowest BCUT2D eigenvalue weighted by Gasteiger charge is -2.21. The number of halogens is 1. The molecule has 28 heavy (non-hydrogen) atoms. The first-order valence-corrected chi connectivity index (χ1v) is 11.8. The van der Waals surface area contributed by atoms with Gasteiger partial charge in [0.15, 0.2) is 5.58 Å². The average Bonchev–Trinajstić information content (AvgIpc) is 3.11. The maximum atomic E-state index is 12.7. The van der Waals surface area contributed by atoms with Crippen LogP contribution in [0.1, 0.15) is 19.3 Å². The normalized spacial score (nSPS) is 17.7. The fourth-order valence-electron chi connectivity index (χ4n) is 2.96. The van der Waals surface area contributed by atoms with Crippen molar-refractivity contribution < 1.29 is 17.6 Å². The van der Waals surface area contributed by atoms with E-state index >= 15 is 0 Å². The van der Waals surface area contributed by atoms with Crippen molar-refractivity contribution in [3.8, 4) is 0 Å². The molecule has 4 rings (SSSR count). The fourth-order valence-corrected chi connectivity index (χ4v) is 5.20. The summed E-state index contributed by atoms with van der Waals surface area (Å²) in [5, 5.41) is 0.841. The smallest absolute Gasteiger partial charge is 0.262 e. The number of hydrogen-bond donors (Lipinski definition) is 1. The molecule has 6 nitrogen and oxygen atoms in total. The third kappa shape index (κ3) is 4.46. The lowest BCUT2D eigenvalue weighted by molar-refractivity contribution is 0.0314. The minimum absolute atomic E-state index is 0.0863. The Morgan fingerprint density at radius 1 is 1.21 bits per heavy atom. The summed E-state index contributed by atoms with van der Waals surface area (Å²) >= 11 is 7.53. The van der Waals surface area contributed by atoms with Crippen LogP contribution in [0.4, 0.5) is 5.69 Å². The van der Waals surface area contributed by atoms with Crippen LogP contribution in [0.25, 0.3) is 11.1 Å². The molecule has 0 amide bonds. The van der Waals surface area contributed by atoms with Crippen LogP contribution < -0.4 is 4.72 Å². The molecule has 3 aromatic rings. The molecular formula is C19H19ClN2O4S2. The SMILES string of the molecule is O=S(=O)(Nc1ccccc1Cl)c1ccc2nc(SCC3CCCCO3)oc2c1. The van der Waals surface area contributed by atoms with Crippen LogP contribution in [0.15, 0.2) is 57.0 Å². The van der Waals surface area contributed by atoms with Gasteiger partial charge in [0.25, 0.3) is 15.2 Å². The molecule has 1 atom stereocenters. The van der Waals surface area contributed by atoms with Crippen LogP contribution in [0, 0.1) is 0 Å². The Morgan fingerprint density at radius 2 is 2.07 bits per heavy atom. The van der Waals surface area contributed by atoms with Gasteiger partial charge in [0.05, 0.1) is 21.7 Å². The molecule has 1 N–H and O–H groups in total. The van der Waals surface area contributed by atoms with Gasteiger partial charge in [-0.25, -0.2) is 13.4 Å². The topological polar surface area (TPSA) is 81.4 Å². The highest BCUT2D eigenvalue weighted by atomic mass is 35.5. The molecule has 1 aliphatic rings. The molecule has 0 aliphatic carbocycles. The van der Waals surface area contributed by atoms with E-state index in [1.54, 1.807) is 30.3 Å². The summed E-state index contributed by atoms with van der Waals surface area (Å²) in [6, 6.07) is 11.3. The number of ether oxygens (including phenoxy) is 1. The zero-order chi connectivity index (χ0) is 19.6. The molecule has 2 heterocycles. The van der Waals surface area contributed by atoms with Crippen molar-refractivity contribution in [1.82, 2.24) is 4.98 Å². The molecule has 2 aromatic carbocycles. The van der Waals surface area contributed by atoms with Crippen LogP contribution in [0.2, 0.25) is 5.02 Å². The van der Waals surface area contributed by atoms with Crippen LogP contribution in [0.3, 0.4) is 0 Å². The number of nitrogens with one attached hydrogen (secondary N) is 1. The van der Waals surface area contributed by atoms with Gasteiger partial charge < -0.3 is 9.15 Å².